The van der Waals surface area contributed by atoms with E-state index in [1.807, 2.05) is 0 Å². The van der Waals surface area contributed by atoms with Crippen LogP contribution in [0.3, 0.4) is 0 Å². The standard InChI is InChI=1S/C23H24ClFN4O5S/c1-3-34-23(32)18-16(11-29-7-8-33-12-17(29)22(30)31)28(2)20(21-26-6-9-35-21)27-19(18)14-5-4-13(25)10-15(14)24/h4-6,9-10,17,19H,3,7-8,11-12H2,1-2H3,(H,30,31). The van der Waals surface area contributed by atoms with E-state index < -0.39 is 29.8 Å². The Kier molecular flexibility index (Phi) is 7.80. The van der Waals surface area contributed by atoms with Crippen LogP contribution in [0.5, 0.6) is 0 Å². The Morgan fingerprint density at radius 1 is 1.40 bits per heavy atom. The van der Waals surface area contributed by atoms with Gasteiger partial charge in [-0.25, -0.2) is 14.2 Å². The molecule has 2 aliphatic heterocycles. The van der Waals surface area contributed by atoms with Crippen molar-refractivity contribution < 1.29 is 28.6 Å². The van der Waals surface area contributed by atoms with Crippen LogP contribution in [-0.2, 0) is 19.1 Å². The molecule has 1 N–H and O–H groups in total. The van der Waals surface area contributed by atoms with Crippen LogP contribution in [0.25, 0.3) is 0 Å². The highest BCUT2D eigenvalue weighted by atomic mass is 35.5. The molecule has 0 saturated carbocycles. The van der Waals surface area contributed by atoms with Gasteiger partial charge in [-0.2, -0.15) is 0 Å². The lowest BCUT2D eigenvalue weighted by atomic mass is 9.94. The van der Waals surface area contributed by atoms with Gasteiger partial charge in [0.05, 0.1) is 25.4 Å². The molecule has 2 aliphatic rings. The van der Waals surface area contributed by atoms with Crippen LogP contribution in [0.4, 0.5) is 4.39 Å². The van der Waals surface area contributed by atoms with Gasteiger partial charge in [-0.05, 0) is 19.1 Å². The minimum Gasteiger partial charge on any atom is -0.480 e. The summed E-state index contributed by atoms with van der Waals surface area (Å²) in [5.41, 5.74) is 1.13. The summed E-state index contributed by atoms with van der Waals surface area (Å²) in [6, 6.07) is 2.11. The fourth-order valence-electron chi connectivity index (χ4n) is 4.10. The lowest BCUT2D eigenvalue weighted by molar-refractivity contribution is -0.149. The van der Waals surface area contributed by atoms with Crippen LogP contribution in [0, 0.1) is 5.82 Å². The Bertz CT molecular complexity index is 1170. The monoisotopic (exact) mass is 522 g/mol. The van der Waals surface area contributed by atoms with Crippen LogP contribution in [0.15, 0.2) is 46.0 Å². The first-order valence-electron chi connectivity index (χ1n) is 10.9. The minimum atomic E-state index is -1.02. The summed E-state index contributed by atoms with van der Waals surface area (Å²) in [6.45, 7) is 2.68. The summed E-state index contributed by atoms with van der Waals surface area (Å²) in [4.78, 5) is 37.8. The molecule has 1 aromatic heterocycles. The van der Waals surface area contributed by atoms with Crippen LogP contribution < -0.4 is 0 Å². The minimum absolute atomic E-state index is 0.0295. The van der Waals surface area contributed by atoms with Crippen molar-refractivity contribution in [2.75, 3.05) is 40.0 Å². The lowest BCUT2D eigenvalue weighted by Crippen LogP contribution is -2.52. The number of carboxylic acid groups (broad SMARTS) is 1. The van der Waals surface area contributed by atoms with Gasteiger partial charge < -0.3 is 19.5 Å². The number of aliphatic imine (C=N–C) groups is 1. The van der Waals surface area contributed by atoms with Crippen LogP contribution in [-0.4, -0.2) is 83.7 Å². The maximum atomic E-state index is 13.8. The molecule has 1 fully saturated rings. The van der Waals surface area contributed by atoms with Gasteiger partial charge in [0, 0.05) is 48.0 Å². The van der Waals surface area contributed by atoms with Crippen LogP contribution in [0.2, 0.25) is 5.02 Å². The molecule has 0 spiro atoms. The van der Waals surface area contributed by atoms with Gasteiger partial charge in [0.1, 0.15) is 17.9 Å². The number of rotatable bonds is 7. The third-order valence-electron chi connectivity index (χ3n) is 5.81. The van der Waals surface area contributed by atoms with Gasteiger partial charge in [-0.3, -0.25) is 14.7 Å². The van der Waals surface area contributed by atoms with Crippen LogP contribution >= 0.6 is 22.9 Å². The maximum Gasteiger partial charge on any atom is 0.338 e. The van der Waals surface area contributed by atoms with E-state index in [9.17, 15) is 19.1 Å². The summed E-state index contributed by atoms with van der Waals surface area (Å²) < 4.78 is 24.6. The van der Waals surface area contributed by atoms with E-state index in [-0.39, 0.29) is 30.4 Å². The number of halogens is 2. The van der Waals surface area contributed by atoms with E-state index in [1.54, 1.807) is 35.3 Å². The molecule has 0 radical (unpaired) electrons. The first-order valence-corrected chi connectivity index (χ1v) is 12.2. The largest absolute Gasteiger partial charge is 0.480 e. The molecule has 4 rings (SSSR count). The van der Waals surface area contributed by atoms with E-state index in [0.717, 1.165) is 0 Å². The topological polar surface area (TPSA) is 105 Å². The molecular formula is C23H24ClFN4O5S. The number of aliphatic carboxylic acids is 1. The third kappa shape index (κ3) is 5.22. The molecule has 1 aromatic carbocycles. The molecule has 9 nitrogen and oxygen atoms in total. The average Bonchev–Trinajstić information content (AvgIpc) is 3.35. The van der Waals surface area contributed by atoms with Crippen molar-refractivity contribution in [2.45, 2.75) is 19.0 Å². The van der Waals surface area contributed by atoms with E-state index in [0.29, 0.717) is 35.3 Å². The molecular weight excluding hydrogens is 499 g/mol. The lowest BCUT2D eigenvalue weighted by Gasteiger charge is -2.39. The zero-order chi connectivity index (χ0) is 25.1. The third-order valence-corrected chi connectivity index (χ3v) is 6.91. The second kappa shape index (κ2) is 10.8. The number of carbonyl (C=O) groups is 2. The predicted molar refractivity (Wildman–Crippen MR) is 128 cm³/mol. The van der Waals surface area contributed by atoms with Gasteiger partial charge in [-0.1, -0.05) is 17.7 Å². The normalized spacial score (nSPS) is 21.1. The fourth-order valence-corrected chi connectivity index (χ4v) is 5.04. The second-order valence-corrected chi connectivity index (χ2v) is 9.20. The number of esters is 1. The Morgan fingerprint density at radius 3 is 2.86 bits per heavy atom. The highest BCUT2D eigenvalue weighted by molar-refractivity contribution is 7.11. The van der Waals surface area contributed by atoms with E-state index >= 15 is 0 Å². The molecule has 12 heteroatoms. The SMILES string of the molecule is CCOC(=O)C1=C(CN2CCOCC2C(=O)O)N(C)C(c2nccs2)=NC1c1ccc(F)cc1Cl. The van der Waals surface area contributed by atoms with E-state index in [4.69, 9.17) is 26.1 Å². The summed E-state index contributed by atoms with van der Waals surface area (Å²) in [5.74, 6) is -1.67. The van der Waals surface area contributed by atoms with Gasteiger partial charge in [0.15, 0.2) is 10.8 Å². The Hall–Kier alpha value is -2.86. The number of hydrogen-bond acceptors (Lipinski definition) is 9. The van der Waals surface area contributed by atoms with E-state index in [2.05, 4.69) is 4.98 Å². The van der Waals surface area contributed by atoms with Crippen molar-refractivity contribution in [2.24, 2.45) is 4.99 Å². The van der Waals surface area contributed by atoms with E-state index in [1.165, 1.54) is 29.5 Å². The number of carbonyl (C=O) groups excluding carboxylic acids is 1. The number of nitrogens with zero attached hydrogens (tertiary/aromatic N) is 4. The molecule has 0 bridgehead atoms. The Balaban J connectivity index is 1.89. The number of likely N-dealkylation sites (N-methyl/N-ethyl adjacent to an activating group) is 1. The van der Waals surface area contributed by atoms with Crippen molar-refractivity contribution in [3.8, 4) is 0 Å². The van der Waals surface area contributed by atoms with Crippen molar-refractivity contribution in [1.29, 1.82) is 0 Å². The smallest absolute Gasteiger partial charge is 0.338 e. The quantitative estimate of drug-likeness (QED) is 0.553. The number of aromatic nitrogens is 1. The first-order chi connectivity index (χ1) is 16.8. The van der Waals surface area contributed by atoms with Gasteiger partial charge in [0.25, 0.3) is 0 Å². The highest BCUT2D eigenvalue weighted by Gasteiger charge is 2.39. The number of hydrogen-bond donors (Lipinski definition) is 1. The summed E-state index contributed by atoms with van der Waals surface area (Å²) in [7, 11) is 1.74. The molecule has 2 atom stereocenters. The number of morpholine rings is 1. The number of thiazole rings is 1. The van der Waals surface area contributed by atoms with Crippen molar-refractivity contribution in [3.63, 3.8) is 0 Å². The van der Waals surface area contributed by atoms with Gasteiger partial charge in [-0.15, -0.1) is 11.3 Å². The summed E-state index contributed by atoms with van der Waals surface area (Å²) >= 11 is 7.78. The molecule has 3 heterocycles. The zero-order valence-corrected chi connectivity index (χ0v) is 20.7. The number of carboxylic acids is 1. The summed E-state index contributed by atoms with van der Waals surface area (Å²) in [6.07, 6.45) is 1.64. The fraction of sp³-hybridized carbons (Fsp3) is 0.391. The number of ether oxygens (including phenoxy) is 2. The predicted octanol–water partition coefficient (Wildman–Crippen LogP) is 2.97. The molecule has 35 heavy (non-hydrogen) atoms. The molecule has 1 saturated heterocycles. The van der Waals surface area contributed by atoms with Gasteiger partial charge in [0.2, 0.25) is 0 Å². The number of benzene rings is 1. The molecule has 0 aliphatic carbocycles. The Labute approximate surface area is 210 Å². The molecule has 0 amide bonds. The zero-order valence-electron chi connectivity index (χ0n) is 19.1. The average molecular weight is 523 g/mol. The van der Waals surface area contributed by atoms with Crippen molar-refractivity contribution in [1.82, 2.24) is 14.8 Å². The van der Waals surface area contributed by atoms with Gasteiger partial charge >= 0.3 is 11.9 Å². The Morgan fingerprint density at radius 2 is 2.20 bits per heavy atom. The van der Waals surface area contributed by atoms with Crippen molar-refractivity contribution in [3.05, 3.63) is 62.5 Å². The van der Waals surface area contributed by atoms with Crippen molar-refractivity contribution >= 4 is 40.7 Å². The molecule has 2 aromatic rings. The molecule has 2 unspecified atom stereocenters. The summed E-state index contributed by atoms with van der Waals surface area (Å²) in [5, 5.41) is 12.2. The maximum absolute atomic E-state index is 13.8. The molecule has 186 valence electrons. The van der Waals surface area contributed by atoms with Crippen LogP contribution in [0.1, 0.15) is 23.5 Å². The second-order valence-electron chi connectivity index (χ2n) is 7.90. The first kappa shape index (κ1) is 25.2. The highest BCUT2D eigenvalue weighted by Crippen LogP contribution is 2.39. The number of amidine groups is 1.